The van der Waals surface area contributed by atoms with E-state index in [1.807, 2.05) is 80.6 Å². The molecule has 4 rings (SSSR count). The van der Waals surface area contributed by atoms with Crippen LogP contribution in [-0.2, 0) is 0 Å². The van der Waals surface area contributed by atoms with Gasteiger partial charge in [-0.15, -0.1) is 0 Å². The first-order valence-corrected chi connectivity index (χ1v) is 9.42. The zero-order valence-corrected chi connectivity index (χ0v) is 15.8. The van der Waals surface area contributed by atoms with Gasteiger partial charge in [0, 0.05) is 11.6 Å². The molecule has 27 heavy (non-hydrogen) atoms. The molecular weight excluding hydrogens is 356 g/mol. The third kappa shape index (κ3) is 3.83. The van der Waals surface area contributed by atoms with E-state index in [4.69, 9.17) is 4.74 Å². The van der Waals surface area contributed by atoms with E-state index >= 15 is 0 Å². The molecule has 4 aromatic rings. The maximum absolute atomic E-state index is 12.5. The third-order valence-electron chi connectivity index (χ3n) is 4.33. The van der Waals surface area contributed by atoms with Crippen LogP contribution in [0.1, 0.15) is 21.5 Å². The molecule has 0 radical (unpaired) electrons. The molecule has 1 N–H and O–H groups in total. The zero-order valence-electron chi connectivity index (χ0n) is 15.0. The lowest BCUT2D eigenvalue weighted by atomic mass is 10.1. The predicted molar refractivity (Wildman–Crippen MR) is 110 cm³/mol. The van der Waals surface area contributed by atoms with Gasteiger partial charge in [0.15, 0.2) is 5.13 Å². The number of carbonyl (C=O) groups excluding carboxylic acids is 1. The van der Waals surface area contributed by atoms with Gasteiger partial charge in [-0.2, -0.15) is 0 Å². The number of amides is 1. The Bertz CT molecular complexity index is 1120. The van der Waals surface area contributed by atoms with Crippen molar-refractivity contribution in [2.75, 3.05) is 5.32 Å². The highest BCUT2D eigenvalue weighted by Gasteiger charge is 2.11. The number of benzene rings is 3. The van der Waals surface area contributed by atoms with E-state index in [0.717, 1.165) is 32.8 Å². The Balaban J connectivity index is 1.54. The number of fused-ring (bicyclic) bond motifs is 1. The highest BCUT2D eigenvalue weighted by molar-refractivity contribution is 7.22. The van der Waals surface area contributed by atoms with Crippen molar-refractivity contribution >= 4 is 32.6 Å². The number of aromatic nitrogens is 1. The lowest BCUT2D eigenvalue weighted by molar-refractivity contribution is 0.102. The Hall–Kier alpha value is -3.18. The fourth-order valence-corrected chi connectivity index (χ4v) is 3.59. The summed E-state index contributed by atoms with van der Waals surface area (Å²) >= 11 is 1.43. The second kappa shape index (κ2) is 7.21. The summed E-state index contributed by atoms with van der Waals surface area (Å²) in [4.78, 5) is 17.0. The van der Waals surface area contributed by atoms with E-state index in [1.54, 1.807) is 0 Å². The van der Waals surface area contributed by atoms with Crippen molar-refractivity contribution in [2.45, 2.75) is 13.8 Å². The molecule has 3 aromatic carbocycles. The highest BCUT2D eigenvalue weighted by Crippen LogP contribution is 2.31. The molecule has 0 fully saturated rings. The number of rotatable bonds is 4. The number of aryl methyl sites for hydroxylation is 2. The van der Waals surface area contributed by atoms with Gasteiger partial charge in [0.25, 0.3) is 5.91 Å². The molecule has 0 atom stereocenters. The number of thiazole rings is 1. The Labute approximate surface area is 161 Å². The Morgan fingerprint density at radius 3 is 2.52 bits per heavy atom. The minimum atomic E-state index is -0.155. The topological polar surface area (TPSA) is 51.2 Å². The van der Waals surface area contributed by atoms with Gasteiger partial charge in [0.05, 0.1) is 10.2 Å². The number of para-hydroxylation sites is 1. The van der Waals surface area contributed by atoms with Crippen molar-refractivity contribution in [2.24, 2.45) is 0 Å². The van der Waals surface area contributed by atoms with Crippen molar-refractivity contribution in [1.82, 2.24) is 4.98 Å². The van der Waals surface area contributed by atoms with Crippen LogP contribution in [0.4, 0.5) is 5.13 Å². The molecule has 0 spiro atoms. The summed E-state index contributed by atoms with van der Waals surface area (Å²) < 4.78 is 6.82. The first kappa shape index (κ1) is 17.2. The Kier molecular flexibility index (Phi) is 4.60. The molecule has 0 bridgehead atoms. The third-order valence-corrected chi connectivity index (χ3v) is 5.26. The summed E-state index contributed by atoms with van der Waals surface area (Å²) in [7, 11) is 0. The van der Waals surface area contributed by atoms with Gasteiger partial charge >= 0.3 is 0 Å². The fraction of sp³-hybridized carbons (Fsp3) is 0.0909. The van der Waals surface area contributed by atoms with E-state index in [1.165, 1.54) is 11.3 Å². The van der Waals surface area contributed by atoms with Gasteiger partial charge in [-0.3, -0.25) is 10.1 Å². The minimum Gasteiger partial charge on any atom is -0.457 e. The van der Waals surface area contributed by atoms with Gasteiger partial charge in [0.1, 0.15) is 11.5 Å². The Morgan fingerprint density at radius 2 is 1.74 bits per heavy atom. The van der Waals surface area contributed by atoms with Crippen LogP contribution in [0.2, 0.25) is 0 Å². The minimum absolute atomic E-state index is 0.155. The number of hydrogen-bond acceptors (Lipinski definition) is 4. The fourth-order valence-electron chi connectivity index (χ4n) is 2.70. The van der Waals surface area contributed by atoms with Crippen molar-refractivity contribution < 1.29 is 9.53 Å². The van der Waals surface area contributed by atoms with E-state index in [2.05, 4.69) is 10.3 Å². The van der Waals surface area contributed by atoms with Crippen LogP contribution < -0.4 is 10.1 Å². The van der Waals surface area contributed by atoms with E-state index < -0.39 is 0 Å². The first-order valence-electron chi connectivity index (χ1n) is 8.60. The monoisotopic (exact) mass is 374 g/mol. The second-order valence-corrected chi connectivity index (χ2v) is 7.35. The molecule has 1 aromatic heterocycles. The molecule has 4 nitrogen and oxygen atoms in total. The highest BCUT2D eigenvalue weighted by atomic mass is 32.1. The van der Waals surface area contributed by atoms with E-state index in [-0.39, 0.29) is 5.91 Å². The van der Waals surface area contributed by atoms with Gasteiger partial charge in [-0.05, 0) is 61.4 Å². The molecule has 0 aliphatic rings. The van der Waals surface area contributed by atoms with Crippen molar-refractivity contribution in [3.05, 3.63) is 83.4 Å². The van der Waals surface area contributed by atoms with Crippen LogP contribution in [0.25, 0.3) is 10.2 Å². The number of hydrogen-bond donors (Lipinski definition) is 1. The molecule has 0 aliphatic carbocycles. The Morgan fingerprint density at radius 1 is 0.926 bits per heavy atom. The van der Waals surface area contributed by atoms with Crippen LogP contribution >= 0.6 is 11.3 Å². The van der Waals surface area contributed by atoms with Crippen LogP contribution in [0, 0.1) is 13.8 Å². The molecule has 0 aliphatic heterocycles. The zero-order chi connectivity index (χ0) is 18.8. The van der Waals surface area contributed by atoms with Gasteiger partial charge < -0.3 is 4.74 Å². The van der Waals surface area contributed by atoms with Crippen molar-refractivity contribution in [3.8, 4) is 11.5 Å². The predicted octanol–water partition coefficient (Wildman–Crippen LogP) is 5.96. The summed E-state index contributed by atoms with van der Waals surface area (Å²) in [5, 5.41) is 3.47. The SMILES string of the molecule is Cc1ccc(C(=O)Nc2nc3ccc(Oc4ccccc4)cc3s2)cc1C. The van der Waals surface area contributed by atoms with Crippen LogP contribution in [0.15, 0.2) is 66.7 Å². The van der Waals surface area contributed by atoms with Crippen molar-refractivity contribution in [3.63, 3.8) is 0 Å². The summed E-state index contributed by atoms with van der Waals surface area (Å²) in [5.74, 6) is 1.37. The maximum atomic E-state index is 12.5. The van der Waals surface area contributed by atoms with Crippen LogP contribution in [0.5, 0.6) is 11.5 Å². The van der Waals surface area contributed by atoms with Crippen LogP contribution in [0.3, 0.4) is 0 Å². The number of carbonyl (C=O) groups is 1. The molecule has 5 heteroatoms. The second-order valence-electron chi connectivity index (χ2n) is 6.32. The number of nitrogens with zero attached hydrogens (tertiary/aromatic N) is 1. The maximum Gasteiger partial charge on any atom is 0.257 e. The molecule has 0 unspecified atom stereocenters. The smallest absolute Gasteiger partial charge is 0.257 e. The molecule has 1 amide bonds. The summed E-state index contributed by atoms with van der Waals surface area (Å²) in [5.41, 5.74) is 3.72. The summed E-state index contributed by atoms with van der Waals surface area (Å²) in [6.45, 7) is 4.03. The average molecular weight is 374 g/mol. The lowest BCUT2D eigenvalue weighted by Gasteiger charge is -2.04. The number of ether oxygens (including phenoxy) is 1. The molecule has 134 valence electrons. The normalized spacial score (nSPS) is 10.7. The molecular formula is C22H18N2O2S. The number of nitrogens with one attached hydrogen (secondary N) is 1. The van der Waals surface area contributed by atoms with Crippen LogP contribution in [-0.4, -0.2) is 10.9 Å². The van der Waals surface area contributed by atoms with E-state index in [9.17, 15) is 4.79 Å². The van der Waals surface area contributed by atoms with Crippen molar-refractivity contribution in [1.29, 1.82) is 0 Å². The van der Waals surface area contributed by atoms with Gasteiger partial charge in [0.2, 0.25) is 0 Å². The van der Waals surface area contributed by atoms with Gasteiger partial charge in [-0.1, -0.05) is 35.6 Å². The molecule has 0 saturated heterocycles. The first-order chi connectivity index (χ1) is 13.1. The van der Waals surface area contributed by atoms with E-state index in [0.29, 0.717) is 10.7 Å². The standard InChI is InChI=1S/C22H18N2O2S/c1-14-8-9-16(12-15(14)2)21(25)24-22-23-19-11-10-18(13-20(19)27-22)26-17-6-4-3-5-7-17/h3-13H,1-2H3,(H,23,24,25). The summed E-state index contributed by atoms with van der Waals surface area (Å²) in [6, 6.07) is 21.0. The lowest BCUT2D eigenvalue weighted by Crippen LogP contribution is -2.11. The average Bonchev–Trinajstić information content (AvgIpc) is 3.06. The van der Waals surface area contributed by atoms with Gasteiger partial charge in [-0.25, -0.2) is 4.98 Å². The largest absolute Gasteiger partial charge is 0.457 e. The molecule has 0 saturated carbocycles. The molecule has 1 heterocycles. The summed E-state index contributed by atoms with van der Waals surface area (Å²) in [6.07, 6.45) is 0. The quantitative estimate of drug-likeness (QED) is 0.480. The number of anilines is 1.